The molecular formula is C9H19NO2S2. The zero-order valence-corrected chi connectivity index (χ0v) is 10.3. The van der Waals surface area contributed by atoms with Crippen molar-refractivity contribution in [3.63, 3.8) is 0 Å². The number of rotatable bonds is 7. The second kappa shape index (κ2) is 4.86. The minimum atomic E-state index is -2.78. The molecule has 0 spiro atoms. The van der Waals surface area contributed by atoms with E-state index in [1.54, 1.807) is 11.8 Å². The Hall–Kier alpha value is 0.260. The van der Waals surface area contributed by atoms with Crippen molar-refractivity contribution in [2.75, 3.05) is 30.1 Å². The average molecular weight is 237 g/mol. The van der Waals surface area contributed by atoms with E-state index in [0.717, 1.165) is 24.5 Å². The van der Waals surface area contributed by atoms with E-state index in [2.05, 4.69) is 0 Å². The summed E-state index contributed by atoms with van der Waals surface area (Å²) in [5.41, 5.74) is 5.99. The van der Waals surface area contributed by atoms with Crippen molar-refractivity contribution >= 4 is 21.6 Å². The van der Waals surface area contributed by atoms with Gasteiger partial charge in [-0.05, 0) is 37.0 Å². The quantitative estimate of drug-likeness (QED) is 0.668. The lowest BCUT2D eigenvalue weighted by molar-refractivity contribution is 0.537. The maximum atomic E-state index is 10.9. The van der Waals surface area contributed by atoms with Crippen molar-refractivity contribution in [3.8, 4) is 0 Å². The van der Waals surface area contributed by atoms with Crippen LogP contribution in [0.25, 0.3) is 0 Å². The molecule has 5 heteroatoms. The number of thioether (sulfide) groups is 1. The molecule has 0 atom stereocenters. The fourth-order valence-corrected chi connectivity index (χ4v) is 4.14. The maximum absolute atomic E-state index is 10.9. The van der Waals surface area contributed by atoms with E-state index in [9.17, 15) is 8.42 Å². The zero-order chi connectivity index (χ0) is 10.7. The van der Waals surface area contributed by atoms with Crippen LogP contribution in [0.3, 0.4) is 0 Å². The molecule has 0 heterocycles. The molecule has 0 aromatic rings. The van der Waals surface area contributed by atoms with Crippen LogP contribution in [0.4, 0.5) is 0 Å². The molecule has 2 N–H and O–H groups in total. The van der Waals surface area contributed by atoms with E-state index >= 15 is 0 Å². The first-order valence-electron chi connectivity index (χ1n) is 4.93. The molecule has 0 amide bonds. The Labute approximate surface area is 90.7 Å². The Morgan fingerprint density at radius 3 is 2.50 bits per heavy atom. The van der Waals surface area contributed by atoms with Gasteiger partial charge in [0.1, 0.15) is 9.84 Å². The van der Waals surface area contributed by atoms with E-state index < -0.39 is 9.84 Å². The SMILES string of the molecule is CS(=O)(=O)CCSCC1(CCN)CC1. The Bertz CT molecular complexity index is 271. The monoisotopic (exact) mass is 237 g/mol. The van der Waals surface area contributed by atoms with Crippen LogP contribution >= 0.6 is 11.8 Å². The van der Waals surface area contributed by atoms with Crippen LogP contribution in [0, 0.1) is 5.41 Å². The molecule has 84 valence electrons. The molecular weight excluding hydrogens is 218 g/mol. The van der Waals surface area contributed by atoms with Crippen LogP contribution in [0.5, 0.6) is 0 Å². The molecule has 14 heavy (non-hydrogen) atoms. The van der Waals surface area contributed by atoms with Gasteiger partial charge >= 0.3 is 0 Å². The van der Waals surface area contributed by atoms with Crippen LogP contribution < -0.4 is 5.73 Å². The molecule has 0 aromatic carbocycles. The lowest BCUT2D eigenvalue weighted by Gasteiger charge is -2.12. The molecule has 1 aliphatic carbocycles. The fraction of sp³-hybridized carbons (Fsp3) is 1.00. The molecule has 0 radical (unpaired) electrons. The molecule has 1 aliphatic rings. The lowest BCUT2D eigenvalue weighted by atomic mass is 10.1. The standard InChI is InChI=1S/C9H19NO2S2/c1-14(11,12)7-6-13-8-9(2-3-9)4-5-10/h2-8,10H2,1H3. The summed E-state index contributed by atoms with van der Waals surface area (Å²) in [6.07, 6.45) is 4.94. The number of hydrogen-bond acceptors (Lipinski definition) is 4. The molecule has 0 aromatic heterocycles. The summed E-state index contributed by atoms with van der Waals surface area (Å²) < 4.78 is 21.7. The smallest absolute Gasteiger partial charge is 0.148 e. The predicted molar refractivity (Wildman–Crippen MR) is 62.4 cm³/mol. The van der Waals surface area contributed by atoms with Gasteiger partial charge in [0.15, 0.2) is 0 Å². The van der Waals surface area contributed by atoms with Gasteiger partial charge in [-0.15, -0.1) is 0 Å². The van der Waals surface area contributed by atoms with Crippen LogP contribution in [-0.2, 0) is 9.84 Å². The van der Waals surface area contributed by atoms with Gasteiger partial charge in [0.25, 0.3) is 0 Å². The number of sulfone groups is 1. The molecule has 3 nitrogen and oxygen atoms in total. The van der Waals surface area contributed by atoms with Crippen molar-refractivity contribution in [2.45, 2.75) is 19.3 Å². The Morgan fingerprint density at radius 1 is 1.43 bits per heavy atom. The van der Waals surface area contributed by atoms with Gasteiger partial charge in [-0.3, -0.25) is 0 Å². The molecule has 0 unspecified atom stereocenters. The summed E-state index contributed by atoms with van der Waals surface area (Å²) in [5.74, 6) is 2.11. The largest absolute Gasteiger partial charge is 0.330 e. The van der Waals surface area contributed by atoms with Crippen LogP contribution in [0.1, 0.15) is 19.3 Å². The number of hydrogen-bond donors (Lipinski definition) is 1. The molecule has 0 aliphatic heterocycles. The van der Waals surface area contributed by atoms with Gasteiger partial charge in [-0.25, -0.2) is 8.42 Å². The summed E-state index contributed by atoms with van der Waals surface area (Å²) in [6, 6.07) is 0. The third kappa shape index (κ3) is 4.66. The van der Waals surface area contributed by atoms with E-state index in [1.807, 2.05) is 0 Å². The Morgan fingerprint density at radius 2 is 2.07 bits per heavy atom. The molecule has 0 bridgehead atoms. The predicted octanol–water partition coefficient (Wildman–Crippen LogP) is 0.893. The highest BCUT2D eigenvalue weighted by Gasteiger charge is 2.41. The summed E-state index contributed by atoms with van der Waals surface area (Å²) >= 11 is 1.75. The van der Waals surface area contributed by atoms with E-state index in [1.165, 1.54) is 19.1 Å². The number of nitrogens with two attached hydrogens (primary N) is 1. The van der Waals surface area contributed by atoms with Gasteiger partial charge in [-0.1, -0.05) is 0 Å². The third-order valence-corrected chi connectivity index (χ3v) is 5.15. The van der Waals surface area contributed by atoms with Crippen molar-refractivity contribution in [1.82, 2.24) is 0 Å². The van der Waals surface area contributed by atoms with Gasteiger partial charge < -0.3 is 5.73 Å². The first kappa shape index (κ1) is 12.3. The fourth-order valence-electron chi connectivity index (χ4n) is 1.45. The van der Waals surface area contributed by atoms with E-state index in [4.69, 9.17) is 5.73 Å². The first-order valence-corrected chi connectivity index (χ1v) is 8.15. The topological polar surface area (TPSA) is 60.2 Å². The molecule has 1 fully saturated rings. The molecule has 0 saturated heterocycles. The average Bonchev–Trinajstić information content (AvgIpc) is 2.79. The minimum absolute atomic E-state index is 0.302. The second-order valence-electron chi connectivity index (χ2n) is 4.22. The van der Waals surface area contributed by atoms with Gasteiger partial charge in [-0.2, -0.15) is 11.8 Å². The van der Waals surface area contributed by atoms with Crippen molar-refractivity contribution < 1.29 is 8.42 Å². The summed E-state index contributed by atoms with van der Waals surface area (Å²) in [7, 11) is -2.78. The van der Waals surface area contributed by atoms with E-state index in [0.29, 0.717) is 11.2 Å². The van der Waals surface area contributed by atoms with Crippen molar-refractivity contribution in [1.29, 1.82) is 0 Å². The van der Waals surface area contributed by atoms with Gasteiger partial charge in [0.05, 0.1) is 5.75 Å². The maximum Gasteiger partial charge on any atom is 0.148 e. The van der Waals surface area contributed by atoms with Gasteiger partial charge in [0.2, 0.25) is 0 Å². The Kier molecular flexibility index (Phi) is 4.28. The summed E-state index contributed by atoms with van der Waals surface area (Å²) in [5, 5.41) is 0. The second-order valence-corrected chi connectivity index (χ2v) is 7.59. The van der Waals surface area contributed by atoms with Gasteiger partial charge in [0, 0.05) is 12.0 Å². The summed E-state index contributed by atoms with van der Waals surface area (Å²) in [6.45, 7) is 0.757. The highest BCUT2D eigenvalue weighted by atomic mass is 32.2. The normalized spacial score (nSPS) is 19.6. The van der Waals surface area contributed by atoms with E-state index in [-0.39, 0.29) is 0 Å². The third-order valence-electron chi connectivity index (χ3n) is 2.64. The Balaban J connectivity index is 2.10. The lowest BCUT2D eigenvalue weighted by Crippen LogP contribution is -2.13. The molecule has 1 rings (SSSR count). The zero-order valence-electron chi connectivity index (χ0n) is 8.66. The van der Waals surface area contributed by atoms with Crippen molar-refractivity contribution in [3.05, 3.63) is 0 Å². The highest BCUT2D eigenvalue weighted by Crippen LogP contribution is 2.50. The summed E-state index contributed by atoms with van der Waals surface area (Å²) in [4.78, 5) is 0. The molecule has 1 saturated carbocycles. The van der Waals surface area contributed by atoms with Crippen molar-refractivity contribution in [2.24, 2.45) is 11.1 Å². The first-order chi connectivity index (χ1) is 6.47. The van der Waals surface area contributed by atoms with Crippen LogP contribution in [0.15, 0.2) is 0 Å². The van der Waals surface area contributed by atoms with Crippen LogP contribution in [-0.4, -0.2) is 38.5 Å². The minimum Gasteiger partial charge on any atom is -0.330 e. The van der Waals surface area contributed by atoms with Crippen LogP contribution in [0.2, 0.25) is 0 Å². The highest BCUT2D eigenvalue weighted by molar-refractivity contribution is 8.00.